The van der Waals surface area contributed by atoms with Gasteiger partial charge in [-0.15, -0.1) is 0 Å². The number of carbonyl (C=O) groups excluding carboxylic acids is 2. The Morgan fingerprint density at radius 3 is 2.79 bits per heavy atom. The summed E-state index contributed by atoms with van der Waals surface area (Å²) in [7, 11) is -3.49. The fraction of sp³-hybridized carbons (Fsp3) is 0.579. The quantitative estimate of drug-likeness (QED) is 0.386. The molecule has 2 N–H and O–H groups in total. The van der Waals surface area contributed by atoms with E-state index in [-0.39, 0.29) is 44.0 Å². The molecule has 3 amide bonds. The van der Waals surface area contributed by atoms with Gasteiger partial charge in [0.2, 0.25) is 15.9 Å². The Labute approximate surface area is 170 Å². The van der Waals surface area contributed by atoms with Gasteiger partial charge in [0, 0.05) is 12.6 Å². The highest BCUT2D eigenvalue weighted by atomic mass is 32.2. The van der Waals surface area contributed by atoms with E-state index in [1.807, 2.05) is 24.3 Å². The number of benzene rings is 1. The van der Waals surface area contributed by atoms with Gasteiger partial charge in [-0.05, 0) is 49.8 Å². The fourth-order valence-electron chi connectivity index (χ4n) is 2.88. The molecule has 2 fully saturated rings. The predicted octanol–water partition coefficient (Wildman–Crippen LogP) is 1.37. The van der Waals surface area contributed by atoms with Crippen molar-refractivity contribution in [3.63, 3.8) is 0 Å². The Morgan fingerprint density at radius 2 is 2.10 bits per heavy atom. The summed E-state index contributed by atoms with van der Waals surface area (Å²) in [4.78, 5) is 23.7. The number of sulfonamides is 1. The molecule has 0 bridgehead atoms. The highest BCUT2D eigenvalue weighted by molar-refractivity contribution is 7.89. The maximum Gasteiger partial charge on any atom is 0.326 e. The first-order chi connectivity index (χ1) is 13.8. The second-order valence-electron chi connectivity index (χ2n) is 7.43. The third-order valence-electron chi connectivity index (χ3n) is 4.71. The average Bonchev–Trinajstić information content (AvgIpc) is 3.44. The van der Waals surface area contributed by atoms with Gasteiger partial charge in [0.05, 0.1) is 12.4 Å². The van der Waals surface area contributed by atoms with Gasteiger partial charge in [0.25, 0.3) is 0 Å². The molecule has 29 heavy (non-hydrogen) atoms. The van der Waals surface area contributed by atoms with Crippen molar-refractivity contribution >= 4 is 22.0 Å². The molecule has 0 radical (unpaired) electrons. The summed E-state index contributed by atoms with van der Waals surface area (Å²) in [6, 6.07) is 6.57. The summed E-state index contributed by atoms with van der Waals surface area (Å²) in [5.41, 5.74) is 0.836. The van der Waals surface area contributed by atoms with Crippen LogP contribution >= 0.6 is 0 Å². The first-order valence-electron chi connectivity index (χ1n) is 9.71. The maximum absolute atomic E-state index is 12.3. The Kier molecular flexibility index (Phi) is 7.09. The van der Waals surface area contributed by atoms with Crippen molar-refractivity contribution in [1.29, 1.82) is 0 Å². The summed E-state index contributed by atoms with van der Waals surface area (Å²) in [6.45, 7) is 2.57. The zero-order valence-electron chi connectivity index (χ0n) is 16.4. The molecular weight excluding hydrogens is 398 g/mol. The first kappa shape index (κ1) is 21.5. The van der Waals surface area contributed by atoms with Gasteiger partial charge >= 0.3 is 6.03 Å². The molecule has 9 nitrogen and oxygen atoms in total. The highest BCUT2D eigenvalue weighted by Gasteiger charge is 2.26. The molecule has 0 aromatic heterocycles. The van der Waals surface area contributed by atoms with E-state index in [0.29, 0.717) is 12.5 Å². The number of rotatable bonds is 12. The van der Waals surface area contributed by atoms with E-state index in [1.54, 1.807) is 6.92 Å². The lowest BCUT2D eigenvalue weighted by Gasteiger charge is -2.16. The van der Waals surface area contributed by atoms with E-state index in [1.165, 1.54) is 17.7 Å². The van der Waals surface area contributed by atoms with Crippen LogP contribution in [0.4, 0.5) is 4.79 Å². The van der Waals surface area contributed by atoms with E-state index in [4.69, 9.17) is 9.47 Å². The molecule has 10 heteroatoms. The number of hydrogen-bond acceptors (Lipinski definition) is 6. The van der Waals surface area contributed by atoms with Gasteiger partial charge in [-0.2, -0.15) is 0 Å². The lowest BCUT2D eigenvalue weighted by molar-refractivity contribution is -0.118. The minimum atomic E-state index is -3.49. The number of nitrogens with one attached hydrogen (secondary N) is 2. The maximum atomic E-state index is 12.3. The lowest BCUT2D eigenvalue weighted by atomic mass is 10.1. The summed E-state index contributed by atoms with van der Waals surface area (Å²) >= 11 is 0. The Bertz CT molecular complexity index is 840. The predicted molar refractivity (Wildman–Crippen MR) is 106 cm³/mol. The molecule has 1 aromatic carbocycles. The summed E-state index contributed by atoms with van der Waals surface area (Å²) < 4.78 is 38.3. The van der Waals surface area contributed by atoms with Crippen LogP contribution in [0, 0.1) is 5.92 Å². The van der Waals surface area contributed by atoms with E-state index in [2.05, 4.69) is 10.0 Å². The third kappa shape index (κ3) is 6.98. The molecule has 1 heterocycles. The zero-order chi connectivity index (χ0) is 20.9. The van der Waals surface area contributed by atoms with Crippen molar-refractivity contribution in [3.05, 3.63) is 29.8 Å². The van der Waals surface area contributed by atoms with Gasteiger partial charge in [-0.25, -0.2) is 17.9 Å². The average molecular weight is 426 g/mol. The minimum Gasteiger partial charge on any atom is -0.493 e. The Morgan fingerprint density at radius 1 is 1.31 bits per heavy atom. The SMILES string of the molecule is C[C@@H](NS(=O)(=O)CCCOCN1CC(=O)NC1=O)c1cccc(OCC2CC2)c1. The van der Waals surface area contributed by atoms with Crippen molar-refractivity contribution in [1.82, 2.24) is 14.9 Å². The molecule has 1 aliphatic heterocycles. The Balaban J connectivity index is 1.38. The van der Waals surface area contributed by atoms with E-state index >= 15 is 0 Å². The van der Waals surface area contributed by atoms with Gasteiger partial charge in [-0.3, -0.25) is 15.0 Å². The van der Waals surface area contributed by atoms with Gasteiger partial charge < -0.3 is 9.47 Å². The number of urea groups is 1. The van der Waals surface area contributed by atoms with Crippen molar-refractivity contribution in [2.45, 2.75) is 32.2 Å². The summed E-state index contributed by atoms with van der Waals surface area (Å²) in [5, 5.41) is 2.14. The van der Waals surface area contributed by atoms with E-state index < -0.39 is 16.1 Å². The van der Waals surface area contributed by atoms with Crippen LogP contribution in [0.5, 0.6) is 5.75 Å². The number of amides is 3. The van der Waals surface area contributed by atoms with Gasteiger partial charge in [0.15, 0.2) is 0 Å². The van der Waals surface area contributed by atoms with Gasteiger partial charge in [0.1, 0.15) is 19.0 Å². The summed E-state index contributed by atoms with van der Waals surface area (Å²) in [6.07, 6.45) is 2.70. The molecule has 3 rings (SSSR count). The van der Waals surface area contributed by atoms with Crippen molar-refractivity contribution in [2.75, 3.05) is 32.2 Å². The monoisotopic (exact) mass is 425 g/mol. The summed E-state index contributed by atoms with van der Waals surface area (Å²) in [5.74, 6) is 0.928. The van der Waals surface area contributed by atoms with Crippen molar-refractivity contribution < 1.29 is 27.5 Å². The van der Waals surface area contributed by atoms with Crippen molar-refractivity contribution in [3.8, 4) is 5.75 Å². The molecule has 1 saturated carbocycles. The first-order valence-corrected chi connectivity index (χ1v) is 11.4. The second kappa shape index (κ2) is 9.55. The van der Waals surface area contributed by atoms with Crippen LogP contribution in [-0.2, 0) is 19.6 Å². The number of carbonyl (C=O) groups is 2. The molecule has 1 saturated heterocycles. The Hall–Kier alpha value is -2.17. The van der Waals surface area contributed by atoms with Crippen molar-refractivity contribution in [2.24, 2.45) is 5.92 Å². The molecule has 1 aliphatic carbocycles. The highest BCUT2D eigenvalue weighted by Crippen LogP contribution is 2.30. The van der Waals surface area contributed by atoms with Crippen LogP contribution in [-0.4, -0.2) is 57.5 Å². The van der Waals surface area contributed by atoms with Gasteiger partial charge in [-0.1, -0.05) is 12.1 Å². The van der Waals surface area contributed by atoms with Crippen LogP contribution in [0.15, 0.2) is 24.3 Å². The number of hydrogen-bond donors (Lipinski definition) is 2. The van der Waals surface area contributed by atoms with E-state index in [0.717, 1.165) is 11.3 Å². The number of ether oxygens (including phenoxy) is 2. The normalized spacial score (nSPS) is 18.0. The minimum absolute atomic E-state index is 0.0420. The molecule has 0 spiro atoms. The van der Waals surface area contributed by atoms with E-state index in [9.17, 15) is 18.0 Å². The van der Waals surface area contributed by atoms with Crippen LogP contribution in [0.1, 0.15) is 37.8 Å². The third-order valence-corrected chi connectivity index (χ3v) is 6.25. The van der Waals surface area contributed by atoms with Crippen LogP contribution in [0.2, 0.25) is 0 Å². The fourth-order valence-corrected chi connectivity index (χ4v) is 4.17. The zero-order valence-corrected chi connectivity index (χ0v) is 17.2. The molecular formula is C19H27N3O6S. The van der Waals surface area contributed by atoms with Crippen LogP contribution < -0.4 is 14.8 Å². The molecule has 0 unspecified atom stereocenters. The van der Waals surface area contributed by atoms with Crippen LogP contribution in [0.3, 0.4) is 0 Å². The molecule has 2 aliphatic rings. The largest absolute Gasteiger partial charge is 0.493 e. The number of nitrogens with zero attached hydrogens (tertiary/aromatic N) is 1. The molecule has 1 atom stereocenters. The molecule has 1 aromatic rings. The van der Waals surface area contributed by atoms with Crippen LogP contribution in [0.25, 0.3) is 0 Å². The molecule has 160 valence electrons. The topological polar surface area (TPSA) is 114 Å². The standard InChI is InChI=1S/C19H27N3O6S/c1-14(16-4-2-5-17(10-16)28-12-15-6-7-15)21-29(25,26)9-3-8-27-13-22-11-18(23)20-19(22)24/h2,4-5,10,14-15,21H,3,6-9,11-13H2,1H3,(H,20,23,24)/t14-/m1/s1. The number of imide groups is 1. The lowest BCUT2D eigenvalue weighted by Crippen LogP contribution is -2.31. The second-order valence-corrected chi connectivity index (χ2v) is 9.30. The smallest absolute Gasteiger partial charge is 0.326 e.